The van der Waals surface area contributed by atoms with Crippen molar-refractivity contribution in [2.24, 2.45) is 0 Å². The number of amides is 1. The van der Waals surface area contributed by atoms with E-state index in [1.54, 1.807) is 17.4 Å². The Balaban J connectivity index is 1.30. The zero-order valence-electron chi connectivity index (χ0n) is 13.0. The third kappa shape index (κ3) is 3.15. The van der Waals surface area contributed by atoms with Gasteiger partial charge < -0.3 is 9.64 Å². The quantitative estimate of drug-likeness (QED) is 0.836. The van der Waals surface area contributed by atoms with E-state index in [1.165, 1.54) is 12.3 Å². The molecule has 2 aliphatic heterocycles. The van der Waals surface area contributed by atoms with Crippen molar-refractivity contribution in [2.75, 3.05) is 18.8 Å². The van der Waals surface area contributed by atoms with E-state index in [1.807, 2.05) is 33.5 Å². The Labute approximate surface area is 148 Å². The van der Waals surface area contributed by atoms with Crippen molar-refractivity contribution in [1.29, 1.82) is 0 Å². The second-order valence-electron chi connectivity index (χ2n) is 6.29. The van der Waals surface area contributed by atoms with Crippen molar-refractivity contribution in [3.05, 3.63) is 46.5 Å². The van der Waals surface area contributed by atoms with Crippen molar-refractivity contribution < 1.29 is 13.9 Å². The lowest BCUT2D eigenvalue weighted by atomic mass is 9.92. The smallest absolute Gasteiger partial charge is 0.250 e. The summed E-state index contributed by atoms with van der Waals surface area (Å²) in [7, 11) is 0. The van der Waals surface area contributed by atoms with E-state index in [0.29, 0.717) is 6.42 Å². The Morgan fingerprint density at radius 1 is 1.46 bits per heavy atom. The molecule has 0 aliphatic carbocycles. The molecule has 0 unspecified atom stereocenters. The zero-order chi connectivity index (χ0) is 16.6. The van der Waals surface area contributed by atoms with Crippen LogP contribution in [0.5, 0.6) is 5.88 Å². The number of ether oxygens (including phenoxy) is 1. The molecular weight excluding hydrogens is 347 g/mol. The average molecular weight is 364 g/mol. The lowest BCUT2D eigenvalue weighted by Gasteiger charge is -2.47. The first-order valence-corrected chi connectivity index (χ1v) is 9.76. The molecule has 4 heterocycles. The van der Waals surface area contributed by atoms with Crippen molar-refractivity contribution >= 4 is 29.0 Å². The maximum absolute atomic E-state index is 13.6. The molecule has 4 rings (SSSR count). The van der Waals surface area contributed by atoms with E-state index in [2.05, 4.69) is 4.98 Å². The Morgan fingerprint density at radius 2 is 2.33 bits per heavy atom. The first-order valence-electron chi connectivity index (χ1n) is 7.84. The van der Waals surface area contributed by atoms with Crippen LogP contribution in [0.3, 0.4) is 0 Å². The highest BCUT2D eigenvalue weighted by Crippen LogP contribution is 2.46. The second-order valence-corrected chi connectivity index (χ2v) is 8.55. The van der Waals surface area contributed by atoms with Crippen LogP contribution in [0.15, 0.2) is 35.2 Å². The summed E-state index contributed by atoms with van der Waals surface area (Å²) in [6.07, 6.45) is 2.79. The lowest BCUT2D eigenvalue weighted by molar-refractivity contribution is -0.135. The van der Waals surface area contributed by atoms with E-state index in [-0.39, 0.29) is 22.6 Å². The van der Waals surface area contributed by atoms with Crippen LogP contribution < -0.4 is 4.74 Å². The number of halogens is 1. The average Bonchev–Trinajstić information content (AvgIpc) is 3.18. The van der Waals surface area contributed by atoms with Crippen LogP contribution in [-0.2, 0) is 11.2 Å². The molecule has 2 aliphatic rings. The minimum atomic E-state index is -0.426. The molecule has 24 heavy (non-hydrogen) atoms. The third-order valence-corrected chi connectivity index (χ3v) is 6.73. The summed E-state index contributed by atoms with van der Waals surface area (Å²) in [5.41, 5.74) is 1.08. The summed E-state index contributed by atoms with van der Waals surface area (Å²) in [5.74, 6) is 0.636. The number of thiophene rings is 1. The summed E-state index contributed by atoms with van der Waals surface area (Å²) in [6.45, 7) is 1.51. The Morgan fingerprint density at radius 3 is 3.08 bits per heavy atom. The molecule has 2 aromatic heterocycles. The topological polar surface area (TPSA) is 42.4 Å². The van der Waals surface area contributed by atoms with Crippen LogP contribution in [0.25, 0.3) is 0 Å². The second kappa shape index (κ2) is 6.37. The molecule has 0 bridgehead atoms. The molecule has 4 nitrogen and oxygen atoms in total. The number of aromatic nitrogens is 1. The molecule has 7 heteroatoms. The van der Waals surface area contributed by atoms with Gasteiger partial charge in [-0.3, -0.25) is 4.79 Å². The largest absolute Gasteiger partial charge is 0.471 e. The number of thioether (sulfide) groups is 1. The molecule has 1 spiro atoms. The fourth-order valence-electron chi connectivity index (χ4n) is 3.22. The summed E-state index contributed by atoms with van der Waals surface area (Å²) in [5, 5.41) is 4.01. The van der Waals surface area contributed by atoms with Gasteiger partial charge in [-0.2, -0.15) is 11.3 Å². The summed E-state index contributed by atoms with van der Waals surface area (Å²) in [6, 6.07) is 4.90. The molecule has 1 atom stereocenters. The summed E-state index contributed by atoms with van der Waals surface area (Å²) in [4.78, 5) is 18.1. The lowest BCUT2D eigenvalue weighted by Crippen LogP contribution is -2.61. The Hall–Kier alpha value is -1.60. The summed E-state index contributed by atoms with van der Waals surface area (Å²) >= 11 is 3.44. The van der Waals surface area contributed by atoms with E-state index in [9.17, 15) is 9.18 Å². The monoisotopic (exact) mass is 364 g/mol. The number of nitrogens with zero attached hydrogens (tertiary/aromatic N) is 2. The molecule has 2 aromatic rings. The zero-order valence-corrected chi connectivity index (χ0v) is 14.6. The minimum absolute atomic E-state index is 0.0477. The van der Waals surface area contributed by atoms with E-state index in [0.717, 1.165) is 30.8 Å². The number of carbonyl (C=O) groups excluding carboxylic acids is 1. The molecule has 0 aromatic carbocycles. The van der Waals surface area contributed by atoms with Crippen LogP contribution >= 0.6 is 23.1 Å². The van der Waals surface area contributed by atoms with Crippen LogP contribution in [0.4, 0.5) is 4.39 Å². The van der Waals surface area contributed by atoms with Gasteiger partial charge in [-0.1, -0.05) is 0 Å². The van der Waals surface area contributed by atoms with E-state index in [4.69, 9.17) is 4.74 Å². The molecule has 126 valence electrons. The molecule has 2 fully saturated rings. The Kier molecular flexibility index (Phi) is 4.22. The molecule has 0 N–H and O–H groups in total. The standard InChI is InChI=1S/C17H17FN2O2S2/c18-14-2-1-4-19-16(14)22-13-7-17(24-9-13)10-20(11-17)15(21)6-12-3-5-23-8-12/h1-5,8,13H,6-7,9-11H2/t13-/m1/s1. The van der Waals surface area contributed by atoms with E-state index < -0.39 is 5.82 Å². The number of rotatable bonds is 4. The highest BCUT2D eigenvalue weighted by atomic mass is 32.2. The van der Waals surface area contributed by atoms with Gasteiger partial charge in [0.25, 0.3) is 5.88 Å². The maximum Gasteiger partial charge on any atom is 0.250 e. The minimum Gasteiger partial charge on any atom is -0.471 e. The van der Waals surface area contributed by atoms with Gasteiger partial charge in [-0.05, 0) is 34.5 Å². The highest BCUT2D eigenvalue weighted by molar-refractivity contribution is 8.01. The maximum atomic E-state index is 13.6. The fraction of sp³-hybridized carbons (Fsp3) is 0.412. The van der Waals surface area contributed by atoms with Crippen LogP contribution in [0.1, 0.15) is 12.0 Å². The van der Waals surface area contributed by atoms with Gasteiger partial charge in [0.05, 0.1) is 11.2 Å². The molecular formula is C17H17FN2O2S2. The van der Waals surface area contributed by atoms with Gasteiger partial charge in [0, 0.05) is 31.5 Å². The Bertz CT molecular complexity index is 732. The van der Waals surface area contributed by atoms with Gasteiger partial charge >= 0.3 is 0 Å². The highest BCUT2D eigenvalue weighted by Gasteiger charge is 2.51. The number of carbonyl (C=O) groups is 1. The molecule has 0 saturated carbocycles. The van der Waals surface area contributed by atoms with Crippen molar-refractivity contribution in [3.8, 4) is 5.88 Å². The predicted octanol–water partition coefficient (Wildman–Crippen LogP) is 2.99. The van der Waals surface area contributed by atoms with Gasteiger partial charge in [-0.15, -0.1) is 11.8 Å². The van der Waals surface area contributed by atoms with Crippen molar-refractivity contribution in [1.82, 2.24) is 9.88 Å². The first-order chi connectivity index (χ1) is 11.6. The number of likely N-dealkylation sites (tertiary alicyclic amines) is 1. The van der Waals surface area contributed by atoms with Gasteiger partial charge in [-0.25, -0.2) is 9.37 Å². The SMILES string of the molecule is O=C(Cc1ccsc1)N1CC2(C[C@@H](Oc3ncccc3F)CS2)C1. The molecule has 0 radical (unpaired) electrons. The van der Waals surface area contributed by atoms with Gasteiger partial charge in [0.1, 0.15) is 6.10 Å². The summed E-state index contributed by atoms with van der Waals surface area (Å²) < 4.78 is 19.4. The normalized spacial score (nSPS) is 21.7. The van der Waals surface area contributed by atoms with Gasteiger partial charge in [0.15, 0.2) is 5.82 Å². The van der Waals surface area contributed by atoms with Crippen LogP contribution in [-0.4, -0.2) is 45.5 Å². The third-order valence-electron chi connectivity index (χ3n) is 4.42. The van der Waals surface area contributed by atoms with Crippen molar-refractivity contribution in [2.45, 2.75) is 23.7 Å². The first kappa shape index (κ1) is 15.9. The fourth-order valence-corrected chi connectivity index (χ4v) is 5.41. The number of hydrogen-bond acceptors (Lipinski definition) is 5. The predicted molar refractivity (Wildman–Crippen MR) is 93.0 cm³/mol. The molecule has 1 amide bonds. The van der Waals surface area contributed by atoms with Crippen LogP contribution in [0.2, 0.25) is 0 Å². The molecule has 2 saturated heterocycles. The van der Waals surface area contributed by atoms with Crippen LogP contribution in [0, 0.1) is 5.82 Å². The van der Waals surface area contributed by atoms with E-state index >= 15 is 0 Å². The number of hydrogen-bond donors (Lipinski definition) is 0. The van der Waals surface area contributed by atoms with Crippen molar-refractivity contribution in [3.63, 3.8) is 0 Å². The number of pyridine rings is 1. The van der Waals surface area contributed by atoms with Gasteiger partial charge in [0.2, 0.25) is 5.91 Å².